The van der Waals surface area contributed by atoms with Crippen LogP contribution in [0, 0.1) is 10.1 Å². The molecule has 0 unspecified atom stereocenters. The lowest BCUT2D eigenvalue weighted by molar-refractivity contribution is -0.384. The van der Waals surface area contributed by atoms with Gasteiger partial charge in [-0.1, -0.05) is 35.5 Å². The van der Waals surface area contributed by atoms with Crippen LogP contribution >= 0.6 is 0 Å². The molecule has 1 N–H and O–H groups in total. The maximum Gasteiger partial charge on any atom is 0.339 e. The number of hydrogen-bond acceptors (Lipinski definition) is 9. The SMILES string of the molecule is COCCNc1ccc(C(=O)O[C@H](C)c2nc(-c3ccccc3)no2)cc1[N+](=O)[O-]. The Bertz CT molecular complexity index is 1020. The fourth-order valence-corrected chi connectivity index (χ4v) is 2.63. The van der Waals surface area contributed by atoms with Crippen molar-refractivity contribution < 1.29 is 23.7 Å². The van der Waals surface area contributed by atoms with E-state index in [1.54, 1.807) is 6.92 Å². The van der Waals surface area contributed by atoms with E-state index >= 15 is 0 Å². The van der Waals surface area contributed by atoms with Crippen molar-refractivity contribution in [1.82, 2.24) is 10.1 Å². The molecule has 0 fully saturated rings. The van der Waals surface area contributed by atoms with Crippen molar-refractivity contribution in [3.63, 3.8) is 0 Å². The van der Waals surface area contributed by atoms with E-state index in [-0.39, 0.29) is 22.8 Å². The van der Waals surface area contributed by atoms with Gasteiger partial charge in [0, 0.05) is 25.3 Å². The van der Waals surface area contributed by atoms with Crippen LogP contribution in [0.2, 0.25) is 0 Å². The maximum absolute atomic E-state index is 12.5. The van der Waals surface area contributed by atoms with Gasteiger partial charge in [-0.3, -0.25) is 10.1 Å². The van der Waals surface area contributed by atoms with E-state index in [1.165, 1.54) is 19.2 Å². The molecule has 156 valence electrons. The molecule has 0 saturated carbocycles. The summed E-state index contributed by atoms with van der Waals surface area (Å²) in [7, 11) is 1.53. The Morgan fingerprint density at radius 1 is 1.27 bits per heavy atom. The fourth-order valence-electron chi connectivity index (χ4n) is 2.63. The fraction of sp³-hybridized carbons (Fsp3) is 0.250. The first-order valence-electron chi connectivity index (χ1n) is 9.11. The molecule has 0 spiro atoms. The Labute approximate surface area is 172 Å². The Kier molecular flexibility index (Phi) is 6.71. The Balaban J connectivity index is 1.71. The van der Waals surface area contributed by atoms with Crippen molar-refractivity contribution in [1.29, 1.82) is 0 Å². The zero-order valence-corrected chi connectivity index (χ0v) is 16.4. The molecule has 3 aromatic rings. The number of nitro groups is 1. The molecule has 1 aromatic heterocycles. The first kappa shape index (κ1) is 20.9. The Hall–Kier alpha value is -3.79. The normalized spacial score (nSPS) is 11.7. The van der Waals surface area contributed by atoms with Gasteiger partial charge in [-0.15, -0.1) is 0 Å². The van der Waals surface area contributed by atoms with Crippen LogP contribution < -0.4 is 5.32 Å². The minimum absolute atomic E-state index is 0.0358. The summed E-state index contributed by atoms with van der Waals surface area (Å²) in [4.78, 5) is 27.5. The van der Waals surface area contributed by atoms with Gasteiger partial charge in [0.1, 0.15) is 5.69 Å². The highest BCUT2D eigenvalue weighted by atomic mass is 16.6. The minimum Gasteiger partial charge on any atom is -0.449 e. The van der Waals surface area contributed by atoms with Crippen molar-refractivity contribution in [3.8, 4) is 11.4 Å². The predicted molar refractivity (Wildman–Crippen MR) is 107 cm³/mol. The average Bonchev–Trinajstić information content (AvgIpc) is 3.25. The van der Waals surface area contributed by atoms with Gasteiger partial charge in [-0.2, -0.15) is 4.98 Å². The highest BCUT2D eigenvalue weighted by Gasteiger charge is 2.23. The predicted octanol–water partition coefficient (Wildman–Crippen LogP) is 3.62. The molecule has 1 atom stereocenters. The summed E-state index contributed by atoms with van der Waals surface area (Å²) in [6.45, 7) is 2.35. The number of ether oxygens (including phenoxy) is 2. The van der Waals surface area contributed by atoms with Gasteiger partial charge in [0.15, 0.2) is 6.10 Å². The molecule has 1 heterocycles. The lowest BCUT2D eigenvalue weighted by Crippen LogP contribution is -2.12. The third-order valence-electron chi connectivity index (χ3n) is 4.16. The van der Waals surface area contributed by atoms with Gasteiger partial charge in [-0.25, -0.2) is 4.79 Å². The average molecular weight is 412 g/mol. The molecule has 0 saturated heterocycles. The molecule has 30 heavy (non-hydrogen) atoms. The monoisotopic (exact) mass is 412 g/mol. The van der Waals surface area contributed by atoms with Gasteiger partial charge in [0.25, 0.3) is 11.6 Å². The number of nitrogens with one attached hydrogen (secondary N) is 1. The van der Waals surface area contributed by atoms with Crippen LogP contribution in [0.1, 0.15) is 29.3 Å². The lowest BCUT2D eigenvalue weighted by Gasteiger charge is -2.11. The summed E-state index contributed by atoms with van der Waals surface area (Å²) in [5, 5.41) is 18.1. The number of carbonyl (C=O) groups is 1. The zero-order chi connectivity index (χ0) is 21.5. The number of esters is 1. The third kappa shape index (κ3) is 4.97. The van der Waals surface area contributed by atoms with E-state index in [0.29, 0.717) is 19.0 Å². The quantitative estimate of drug-likeness (QED) is 0.242. The van der Waals surface area contributed by atoms with E-state index in [4.69, 9.17) is 14.0 Å². The smallest absolute Gasteiger partial charge is 0.339 e. The molecule has 10 nitrogen and oxygen atoms in total. The second-order valence-electron chi connectivity index (χ2n) is 6.28. The summed E-state index contributed by atoms with van der Waals surface area (Å²) in [5.74, 6) is -0.251. The number of nitrogens with zero attached hydrogens (tertiary/aromatic N) is 3. The number of nitro benzene ring substituents is 1. The molecule has 0 bridgehead atoms. The van der Waals surface area contributed by atoms with Crippen LogP contribution in [-0.4, -0.2) is 41.3 Å². The number of carbonyl (C=O) groups excluding carboxylic acids is 1. The molecular formula is C20H20N4O6. The molecule has 0 aliphatic carbocycles. The van der Waals surface area contributed by atoms with Crippen LogP contribution in [0.4, 0.5) is 11.4 Å². The van der Waals surface area contributed by atoms with Crippen LogP contribution in [0.15, 0.2) is 53.1 Å². The van der Waals surface area contributed by atoms with Gasteiger partial charge in [0.2, 0.25) is 5.82 Å². The van der Waals surface area contributed by atoms with Gasteiger partial charge >= 0.3 is 5.97 Å². The largest absolute Gasteiger partial charge is 0.449 e. The van der Waals surface area contributed by atoms with Gasteiger partial charge in [0.05, 0.1) is 17.1 Å². The highest BCUT2D eigenvalue weighted by molar-refractivity contribution is 5.91. The summed E-state index contributed by atoms with van der Waals surface area (Å²) in [5.41, 5.74) is 0.843. The summed E-state index contributed by atoms with van der Waals surface area (Å²) in [6.07, 6.45) is -0.832. The second kappa shape index (κ2) is 9.61. The molecule has 0 aliphatic rings. The first-order chi connectivity index (χ1) is 14.5. The third-order valence-corrected chi connectivity index (χ3v) is 4.16. The van der Waals surface area contributed by atoms with Crippen molar-refractivity contribution in [2.45, 2.75) is 13.0 Å². The standard InChI is InChI=1S/C20H20N4O6/c1-13(19-22-18(23-30-19)14-6-4-3-5-7-14)29-20(25)15-8-9-16(21-10-11-28-2)17(12-15)24(26)27/h3-9,12-13,21H,10-11H2,1-2H3/t13-/m1/s1. The van der Waals surface area contributed by atoms with Gasteiger partial charge < -0.3 is 19.3 Å². The number of benzene rings is 2. The van der Waals surface area contributed by atoms with E-state index < -0.39 is 17.0 Å². The van der Waals surface area contributed by atoms with E-state index in [9.17, 15) is 14.9 Å². The Morgan fingerprint density at radius 3 is 2.73 bits per heavy atom. The Morgan fingerprint density at radius 2 is 2.03 bits per heavy atom. The lowest BCUT2D eigenvalue weighted by atomic mass is 10.1. The van der Waals surface area contributed by atoms with Crippen molar-refractivity contribution in [2.75, 3.05) is 25.6 Å². The maximum atomic E-state index is 12.5. The number of anilines is 1. The number of methoxy groups -OCH3 is 1. The molecule has 2 aromatic carbocycles. The first-order valence-corrected chi connectivity index (χ1v) is 9.11. The van der Waals surface area contributed by atoms with Gasteiger partial charge in [-0.05, 0) is 19.1 Å². The van der Waals surface area contributed by atoms with Crippen molar-refractivity contribution >= 4 is 17.3 Å². The number of rotatable bonds is 9. The summed E-state index contributed by atoms with van der Waals surface area (Å²) in [6, 6.07) is 13.3. The molecule has 0 radical (unpaired) electrons. The van der Waals surface area contributed by atoms with E-state index in [2.05, 4.69) is 15.5 Å². The van der Waals surface area contributed by atoms with Crippen molar-refractivity contribution in [3.05, 3.63) is 70.1 Å². The molecule has 0 aliphatic heterocycles. The van der Waals surface area contributed by atoms with Crippen LogP contribution in [0.25, 0.3) is 11.4 Å². The number of hydrogen-bond donors (Lipinski definition) is 1. The number of aromatic nitrogens is 2. The van der Waals surface area contributed by atoms with Crippen LogP contribution in [0.5, 0.6) is 0 Å². The minimum atomic E-state index is -0.832. The molecule has 3 rings (SSSR count). The topological polar surface area (TPSA) is 130 Å². The van der Waals surface area contributed by atoms with E-state index in [0.717, 1.165) is 11.6 Å². The second-order valence-corrected chi connectivity index (χ2v) is 6.28. The van der Waals surface area contributed by atoms with E-state index in [1.807, 2.05) is 30.3 Å². The summed E-state index contributed by atoms with van der Waals surface area (Å²) < 4.78 is 15.4. The van der Waals surface area contributed by atoms with Crippen molar-refractivity contribution in [2.24, 2.45) is 0 Å². The van der Waals surface area contributed by atoms with Crippen LogP contribution in [-0.2, 0) is 9.47 Å². The van der Waals surface area contributed by atoms with Crippen LogP contribution in [0.3, 0.4) is 0 Å². The molecular weight excluding hydrogens is 392 g/mol. The molecule has 10 heteroatoms. The summed E-state index contributed by atoms with van der Waals surface area (Å²) >= 11 is 0. The molecule has 0 amide bonds. The highest BCUT2D eigenvalue weighted by Crippen LogP contribution is 2.27. The zero-order valence-electron chi connectivity index (χ0n) is 16.4.